The molecule has 0 radical (unpaired) electrons. The number of piperidine rings is 1. The summed E-state index contributed by atoms with van der Waals surface area (Å²) < 4.78 is 11.1. The number of thioether (sulfide) groups is 1. The fourth-order valence-electron chi connectivity index (χ4n) is 6.92. The van der Waals surface area contributed by atoms with Gasteiger partial charge in [0.05, 0.1) is 12.6 Å². The minimum atomic E-state index is -1.24. The molecule has 260 valence electrons. The highest BCUT2D eigenvalue weighted by molar-refractivity contribution is 8.00. The van der Waals surface area contributed by atoms with Crippen LogP contribution < -0.4 is 10.6 Å². The number of hydrogen-bond donors (Lipinski definition) is 3. The van der Waals surface area contributed by atoms with Crippen LogP contribution >= 0.6 is 11.8 Å². The van der Waals surface area contributed by atoms with Gasteiger partial charge in [-0.2, -0.15) is 0 Å². The van der Waals surface area contributed by atoms with Crippen molar-refractivity contribution in [2.45, 2.75) is 89.0 Å². The molecule has 0 bridgehead atoms. The normalized spacial score (nSPS) is 20.9. The van der Waals surface area contributed by atoms with Crippen molar-refractivity contribution < 1.29 is 33.8 Å². The molecule has 2 aliphatic heterocycles. The zero-order valence-electron chi connectivity index (χ0n) is 28.7. The molecule has 2 aromatic rings. The van der Waals surface area contributed by atoms with Crippen LogP contribution in [0.5, 0.6) is 0 Å². The van der Waals surface area contributed by atoms with Gasteiger partial charge in [0, 0.05) is 24.8 Å². The lowest BCUT2D eigenvalue weighted by molar-refractivity contribution is -0.144. The van der Waals surface area contributed by atoms with Crippen molar-refractivity contribution in [1.29, 1.82) is 0 Å². The first-order valence-electron chi connectivity index (χ1n) is 16.7. The van der Waals surface area contributed by atoms with Crippen LogP contribution in [0.2, 0.25) is 0 Å². The van der Waals surface area contributed by atoms with E-state index in [0.717, 1.165) is 22.3 Å². The Balaban J connectivity index is 1.25. The maximum absolute atomic E-state index is 14.1. The molecular weight excluding hydrogens is 632 g/mol. The summed E-state index contributed by atoms with van der Waals surface area (Å²) in [4.78, 5) is 56.3. The molecule has 48 heavy (non-hydrogen) atoms. The van der Waals surface area contributed by atoms with Crippen molar-refractivity contribution in [2.24, 2.45) is 5.92 Å². The fraction of sp³-hybridized carbons (Fsp3) is 0.556. The summed E-state index contributed by atoms with van der Waals surface area (Å²) in [6.07, 6.45) is -1.33. The Kier molecular flexibility index (Phi) is 10.6. The average molecular weight is 681 g/mol. The number of fused-ring (bicyclic) bond motifs is 3. The number of carbonyl (C=O) groups is 4. The number of benzene rings is 2. The van der Waals surface area contributed by atoms with Crippen LogP contribution in [0.3, 0.4) is 0 Å². The lowest BCUT2D eigenvalue weighted by Gasteiger charge is -2.46. The van der Waals surface area contributed by atoms with E-state index in [2.05, 4.69) is 22.8 Å². The van der Waals surface area contributed by atoms with E-state index in [1.54, 1.807) is 42.3 Å². The molecule has 0 saturated carbocycles. The zero-order valence-corrected chi connectivity index (χ0v) is 29.5. The van der Waals surface area contributed by atoms with Crippen LogP contribution in [0.4, 0.5) is 9.59 Å². The van der Waals surface area contributed by atoms with Crippen molar-refractivity contribution in [3.8, 4) is 11.1 Å². The first-order valence-corrected chi connectivity index (χ1v) is 17.7. The maximum Gasteiger partial charge on any atom is 0.408 e. The molecular formula is C36H48N4O7S. The number of likely N-dealkylation sites (tertiary alicyclic amines) is 1. The number of aliphatic hydroxyl groups excluding tert-OH is 1. The standard InChI is InChI=1S/C36H48N4O7S/c1-22(2)29(37-34(45)47-35(4,5)6)31(42)39-17-11-16-36(21-39)40(18-19-48-36)32(43)30(23(3)41)38-33(44)46-20-28-26-14-9-7-12-24(26)25-13-8-10-15-27(25)28/h7-10,12-15,22-23,28-30,41H,11,16-21H2,1-6H3,(H,37,45)(H,38,44)/t23-,29+,30+,36?/m1/s1. The first kappa shape index (κ1) is 35.5. The van der Waals surface area contributed by atoms with Gasteiger partial charge < -0.3 is 35.0 Å². The number of ether oxygens (including phenoxy) is 2. The topological polar surface area (TPSA) is 138 Å². The van der Waals surface area contributed by atoms with Crippen molar-refractivity contribution in [2.75, 3.05) is 32.0 Å². The van der Waals surface area contributed by atoms with Gasteiger partial charge in [-0.1, -0.05) is 62.4 Å². The van der Waals surface area contributed by atoms with Crippen LogP contribution in [0, 0.1) is 5.92 Å². The highest BCUT2D eigenvalue weighted by atomic mass is 32.2. The Morgan fingerprint density at radius 1 is 0.917 bits per heavy atom. The van der Waals surface area contributed by atoms with Crippen molar-refractivity contribution in [3.05, 3.63) is 59.7 Å². The molecule has 3 N–H and O–H groups in total. The van der Waals surface area contributed by atoms with Crippen LogP contribution in [-0.4, -0.2) is 99.6 Å². The molecule has 4 amide bonds. The second-order valence-corrected chi connectivity index (χ2v) is 15.7. The Labute approximate surface area is 287 Å². The largest absolute Gasteiger partial charge is 0.449 e. The van der Waals surface area contributed by atoms with Gasteiger partial charge in [-0.3, -0.25) is 9.59 Å². The van der Waals surface area contributed by atoms with Crippen LogP contribution in [-0.2, 0) is 19.1 Å². The maximum atomic E-state index is 14.1. The molecule has 11 nitrogen and oxygen atoms in total. The van der Waals surface area contributed by atoms with E-state index in [-0.39, 0.29) is 30.9 Å². The van der Waals surface area contributed by atoms with Crippen molar-refractivity contribution in [1.82, 2.24) is 20.4 Å². The number of amides is 4. The molecule has 1 aliphatic carbocycles. The number of nitrogens with zero attached hydrogens (tertiary/aromatic N) is 2. The third-order valence-corrected chi connectivity index (χ3v) is 10.6. The Bertz CT molecular complexity index is 1480. The average Bonchev–Trinajstić information content (AvgIpc) is 3.58. The van der Waals surface area contributed by atoms with Gasteiger partial charge >= 0.3 is 12.2 Å². The molecule has 1 spiro atoms. The van der Waals surface area contributed by atoms with E-state index in [4.69, 9.17) is 9.47 Å². The summed E-state index contributed by atoms with van der Waals surface area (Å²) in [5, 5.41) is 16.1. The van der Waals surface area contributed by atoms with E-state index < -0.39 is 46.8 Å². The molecule has 2 fully saturated rings. The van der Waals surface area contributed by atoms with Gasteiger partial charge in [-0.05, 0) is 68.7 Å². The predicted octanol–water partition coefficient (Wildman–Crippen LogP) is 4.72. The predicted molar refractivity (Wildman–Crippen MR) is 184 cm³/mol. The smallest absolute Gasteiger partial charge is 0.408 e. The summed E-state index contributed by atoms with van der Waals surface area (Å²) in [5.74, 6) is -0.358. The quantitative estimate of drug-likeness (QED) is 0.365. The fourth-order valence-corrected chi connectivity index (χ4v) is 8.44. The Morgan fingerprint density at radius 3 is 2.10 bits per heavy atom. The SMILES string of the molecule is CC(C)[C@H](NC(=O)OC(C)(C)C)C(=O)N1CCCC2(C1)SCCN2C(=O)[C@@H](NC(=O)OCC1c2ccccc2-c2ccccc21)[C@@H](C)O. The second-order valence-electron chi connectivity index (χ2n) is 14.2. The molecule has 5 rings (SSSR count). The van der Waals surface area contributed by atoms with Gasteiger partial charge in [-0.15, -0.1) is 11.8 Å². The Hall–Kier alpha value is -3.77. The Morgan fingerprint density at radius 2 is 1.52 bits per heavy atom. The van der Waals surface area contributed by atoms with E-state index in [0.29, 0.717) is 31.7 Å². The molecule has 1 unspecified atom stereocenters. The lowest BCUT2D eigenvalue weighted by Crippen LogP contribution is -2.63. The number of aliphatic hydroxyl groups is 1. The van der Waals surface area contributed by atoms with Crippen molar-refractivity contribution >= 4 is 35.8 Å². The summed E-state index contributed by atoms with van der Waals surface area (Å²) in [6.45, 7) is 11.7. The summed E-state index contributed by atoms with van der Waals surface area (Å²) in [5.41, 5.74) is 3.65. The molecule has 4 atom stereocenters. The minimum absolute atomic E-state index is 0.0789. The first-order chi connectivity index (χ1) is 22.7. The van der Waals surface area contributed by atoms with Gasteiger partial charge in [0.2, 0.25) is 11.8 Å². The van der Waals surface area contributed by atoms with Gasteiger partial charge in [0.1, 0.15) is 29.2 Å². The van der Waals surface area contributed by atoms with E-state index in [9.17, 15) is 24.3 Å². The zero-order chi connectivity index (χ0) is 34.8. The van der Waals surface area contributed by atoms with E-state index in [1.165, 1.54) is 6.92 Å². The summed E-state index contributed by atoms with van der Waals surface area (Å²) in [7, 11) is 0. The second kappa shape index (κ2) is 14.4. The number of carbonyl (C=O) groups excluding carboxylic acids is 4. The van der Waals surface area contributed by atoms with Crippen LogP contribution in [0.1, 0.15) is 71.4 Å². The number of hydrogen-bond acceptors (Lipinski definition) is 8. The third-order valence-electron chi connectivity index (χ3n) is 9.16. The highest BCUT2D eigenvalue weighted by Gasteiger charge is 2.50. The minimum Gasteiger partial charge on any atom is -0.449 e. The third kappa shape index (κ3) is 7.59. The molecule has 2 heterocycles. The molecule has 3 aliphatic rings. The molecule has 0 aromatic heterocycles. The molecule has 2 aromatic carbocycles. The van der Waals surface area contributed by atoms with Gasteiger partial charge in [0.25, 0.3) is 0 Å². The van der Waals surface area contributed by atoms with Crippen LogP contribution in [0.25, 0.3) is 11.1 Å². The molecule has 2 saturated heterocycles. The van der Waals surface area contributed by atoms with Gasteiger partial charge in [0.15, 0.2) is 0 Å². The van der Waals surface area contributed by atoms with Gasteiger partial charge in [-0.25, -0.2) is 9.59 Å². The lowest BCUT2D eigenvalue weighted by atomic mass is 9.97. The van der Waals surface area contributed by atoms with Crippen LogP contribution in [0.15, 0.2) is 48.5 Å². The van der Waals surface area contributed by atoms with Crippen molar-refractivity contribution in [3.63, 3.8) is 0 Å². The number of rotatable bonds is 8. The number of nitrogens with one attached hydrogen (secondary N) is 2. The highest BCUT2D eigenvalue weighted by Crippen LogP contribution is 2.45. The summed E-state index contributed by atoms with van der Waals surface area (Å²) >= 11 is 1.60. The summed E-state index contributed by atoms with van der Waals surface area (Å²) in [6, 6.07) is 14.0. The van der Waals surface area contributed by atoms with E-state index >= 15 is 0 Å². The molecule has 12 heteroatoms. The number of alkyl carbamates (subject to hydrolysis) is 2. The van der Waals surface area contributed by atoms with E-state index in [1.807, 2.05) is 50.2 Å². The monoisotopic (exact) mass is 680 g/mol.